The van der Waals surface area contributed by atoms with E-state index in [0.29, 0.717) is 21.7 Å². The van der Waals surface area contributed by atoms with E-state index in [2.05, 4.69) is 20.9 Å². The summed E-state index contributed by atoms with van der Waals surface area (Å²) in [6.45, 7) is 0. The van der Waals surface area contributed by atoms with Gasteiger partial charge in [0.25, 0.3) is 11.8 Å². The van der Waals surface area contributed by atoms with Crippen molar-refractivity contribution in [2.24, 2.45) is 0 Å². The van der Waals surface area contributed by atoms with Crippen LogP contribution in [0.25, 0.3) is 6.08 Å². The van der Waals surface area contributed by atoms with Crippen LogP contribution in [0.2, 0.25) is 0 Å². The van der Waals surface area contributed by atoms with Gasteiger partial charge in [-0.2, -0.15) is 13.2 Å². The lowest BCUT2D eigenvalue weighted by molar-refractivity contribution is -0.137. The Morgan fingerprint density at radius 2 is 1.54 bits per heavy atom. The molecule has 0 aliphatic heterocycles. The first kappa shape index (κ1) is 29.1. The Hall–Kier alpha value is -4.90. The van der Waals surface area contributed by atoms with Gasteiger partial charge in [0.1, 0.15) is 5.70 Å². The molecule has 1 aromatic heterocycles. The molecule has 0 fully saturated rings. The van der Waals surface area contributed by atoms with E-state index in [1.54, 1.807) is 79.1 Å². The van der Waals surface area contributed by atoms with E-state index in [0.717, 1.165) is 17.8 Å². The Balaban J connectivity index is 1.38. The van der Waals surface area contributed by atoms with Crippen molar-refractivity contribution in [3.8, 4) is 0 Å². The van der Waals surface area contributed by atoms with Crippen LogP contribution in [-0.2, 0) is 15.8 Å². The van der Waals surface area contributed by atoms with Gasteiger partial charge < -0.3 is 16.0 Å². The molecular weight excluding hydrogens is 553 g/mol. The van der Waals surface area contributed by atoms with Crippen LogP contribution in [0.4, 0.5) is 24.5 Å². The minimum atomic E-state index is -4.59. The summed E-state index contributed by atoms with van der Waals surface area (Å²) in [5, 5.41) is 7.67. The zero-order valence-electron chi connectivity index (χ0n) is 21.3. The van der Waals surface area contributed by atoms with E-state index in [1.165, 1.54) is 24.3 Å². The number of nitrogens with one attached hydrogen (secondary N) is 3. The highest BCUT2D eigenvalue weighted by molar-refractivity contribution is 8.00. The van der Waals surface area contributed by atoms with E-state index >= 15 is 0 Å². The van der Waals surface area contributed by atoms with Gasteiger partial charge in [0.15, 0.2) is 0 Å². The summed E-state index contributed by atoms with van der Waals surface area (Å²) in [7, 11) is 0. The van der Waals surface area contributed by atoms with Gasteiger partial charge in [0.2, 0.25) is 5.91 Å². The van der Waals surface area contributed by atoms with Crippen LogP contribution in [-0.4, -0.2) is 28.5 Å². The van der Waals surface area contributed by atoms with Gasteiger partial charge in [-0.15, -0.1) is 11.8 Å². The van der Waals surface area contributed by atoms with Gasteiger partial charge in [-0.1, -0.05) is 36.4 Å². The third kappa shape index (κ3) is 8.54. The number of amides is 3. The molecular formula is C30H23F3N4O3S. The van der Waals surface area contributed by atoms with Crippen molar-refractivity contribution >= 4 is 46.9 Å². The Morgan fingerprint density at radius 3 is 2.22 bits per heavy atom. The zero-order valence-corrected chi connectivity index (χ0v) is 22.1. The number of aromatic nitrogens is 1. The molecule has 3 aromatic carbocycles. The monoisotopic (exact) mass is 576 g/mol. The minimum absolute atomic E-state index is 0.00103. The van der Waals surface area contributed by atoms with Gasteiger partial charge in [-0.25, -0.2) is 0 Å². The number of benzene rings is 3. The largest absolute Gasteiger partial charge is 0.418 e. The quantitative estimate of drug-likeness (QED) is 0.162. The molecule has 0 unspecified atom stereocenters. The van der Waals surface area contributed by atoms with Crippen molar-refractivity contribution in [1.29, 1.82) is 0 Å². The topological polar surface area (TPSA) is 100 Å². The van der Waals surface area contributed by atoms with Crippen molar-refractivity contribution in [1.82, 2.24) is 10.3 Å². The first-order valence-electron chi connectivity index (χ1n) is 12.2. The number of alkyl halides is 3. The zero-order chi connectivity index (χ0) is 29.2. The fourth-order valence-electron chi connectivity index (χ4n) is 3.58. The fourth-order valence-corrected chi connectivity index (χ4v) is 4.28. The van der Waals surface area contributed by atoms with E-state index in [-0.39, 0.29) is 17.1 Å². The van der Waals surface area contributed by atoms with E-state index in [4.69, 9.17) is 0 Å². The van der Waals surface area contributed by atoms with Crippen molar-refractivity contribution in [2.45, 2.75) is 11.1 Å². The molecule has 0 atom stereocenters. The molecule has 0 aliphatic rings. The Bertz CT molecular complexity index is 1550. The number of pyridine rings is 1. The second-order valence-electron chi connectivity index (χ2n) is 8.52. The standard InChI is InChI=1S/C30H23F3N4O3S/c31-30(32,33)24-10-4-5-11-25(24)36-27(38)19-41-23-14-12-22(13-15-23)35-29(40)26(17-20-7-6-16-34-18-20)37-28(39)21-8-2-1-3-9-21/h1-18H,19H2,(H,35,40)(H,36,38)(H,37,39)/b26-17-. The summed E-state index contributed by atoms with van der Waals surface area (Å²) in [5.41, 5.74) is 0.183. The SMILES string of the molecule is O=C(CSc1ccc(NC(=O)/C(=C/c2cccnc2)NC(=O)c2ccccc2)cc1)Nc1ccccc1C(F)(F)F. The average molecular weight is 577 g/mol. The molecule has 11 heteroatoms. The average Bonchev–Trinajstić information content (AvgIpc) is 2.97. The minimum Gasteiger partial charge on any atom is -0.325 e. The number of para-hydroxylation sites is 1. The molecule has 1 heterocycles. The van der Waals surface area contributed by atoms with Crippen LogP contribution in [0, 0.1) is 0 Å². The first-order valence-corrected chi connectivity index (χ1v) is 13.2. The van der Waals surface area contributed by atoms with E-state index < -0.39 is 29.5 Å². The highest BCUT2D eigenvalue weighted by atomic mass is 32.2. The second-order valence-corrected chi connectivity index (χ2v) is 9.57. The maximum Gasteiger partial charge on any atom is 0.418 e. The number of carbonyl (C=O) groups excluding carboxylic acids is 3. The molecule has 208 valence electrons. The van der Waals surface area contributed by atoms with Crippen LogP contribution in [0.5, 0.6) is 0 Å². The highest BCUT2D eigenvalue weighted by Crippen LogP contribution is 2.34. The number of hydrogen-bond acceptors (Lipinski definition) is 5. The first-order chi connectivity index (χ1) is 19.7. The van der Waals surface area contributed by atoms with Gasteiger partial charge in [0.05, 0.1) is 17.0 Å². The number of halogens is 3. The third-order valence-electron chi connectivity index (χ3n) is 5.51. The smallest absolute Gasteiger partial charge is 0.325 e. The van der Waals surface area contributed by atoms with E-state index in [9.17, 15) is 27.6 Å². The van der Waals surface area contributed by atoms with Gasteiger partial charge >= 0.3 is 6.18 Å². The van der Waals surface area contributed by atoms with Crippen LogP contribution in [0.3, 0.4) is 0 Å². The second kappa shape index (κ2) is 13.4. The summed E-state index contributed by atoms with van der Waals surface area (Å²) in [5.74, 6) is -1.75. The van der Waals surface area contributed by atoms with E-state index in [1.807, 2.05) is 0 Å². The highest BCUT2D eigenvalue weighted by Gasteiger charge is 2.33. The molecule has 4 rings (SSSR count). The molecule has 3 N–H and O–H groups in total. The number of anilines is 2. The van der Waals surface area contributed by atoms with Crippen molar-refractivity contribution < 1.29 is 27.6 Å². The van der Waals surface area contributed by atoms with Crippen LogP contribution >= 0.6 is 11.8 Å². The Kier molecular flexibility index (Phi) is 9.54. The Morgan fingerprint density at radius 1 is 0.829 bits per heavy atom. The number of nitrogens with zero attached hydrogens (tertiary/aromatic N) is 1. The normalized spacial score (nSPS) is 11.4. The van der Waals surface area contributed by atoms with Crippen molar-refractivity contribution in [3.05, 3.63) is 126 Å². The molecule has 3 amide bonds. The number of rotatable bonds is 9. The molecule has 0 spiro atoms. The maximum atomic E-state index is 13.2. The molecule has 0 radical (unpaired) electrons. The van der Waals surface area contributed by atoms with Crippen molar-refractivity contribution in [3.63, 3.8) is 0 Å². The van der Waals surface area contributed by atoms with Gasteiger partial charge in [-0.3, -0.25) is 19.4 Å². The molecule has 0 aliphatic carbocycles. The maximum absolute atomic E-state index is 13.2. The molecule has 0 saturated heterocycles. The number of hydrogen-bond donors (Lipinski definition) is 3. The van der Waals surface area contributed by atoms with Crippen molar-refractivity contribution in [2.75, 3.05) is 16.4 Å². The third-order valence-corrected chi connectivity index (χ3v) is 6.52. The lowest BCUT2D eigenvalue weighted by Crippen LogP contribution is -2.30. The summed E-state index contributed by atoms with van der Waals surface area (Å²) < 4.78 is 39.5. The fraction of sp³-hybridized carbons (Fsp3) is 0.0667. The summed E-state index contributed by atoms with van der Waals surface area (Å²) in [6.07, 6.45) is 0.0493. The molecule has 0 saturated carbocycles. The lowest BCUT2D eigenvalue weighted by atomic mass is 10.1. The van der Waals surface area contributed by atoms with Crippen LogP contribution < -0.4 is 16.0 Å². The summed E-state index contributed by atoms with van der Waals surface area (Å²) in [6, 6.07) is 23.2. The molecule has 4 aromatic rings. The van der Waals surface area contributed by atoms with Crippen LogP contribution in [0.1, 0.15) is 21.5 Å². The molecule has 0 bridgehead atoms. The van der Waals surface area contributed by atoms with Gasteiger partial charge in [0, 0.05) is 28.5 Å². The van der Waals surface area contributed by atoms with Crippen LogP contribution in [0.15, 0.2) is 114 Å². The van der Waals surface area contributed by atoms with Gasteiger partial charge in [-0.05, 0) is 66.2 Å². The predicted molar refractivity (Wildman–Crippen MR) is 152 cm³/mol. The molecule has 7 nitrogen and oxygen atoms in total. The number of carbonyl (C=O) groups is 3. The lowest BCUT2D eigenvalue weighted by Gasteiger charge is -2.13. The number of thioether (sulfide) groups is 1. The summed E-state index contributed by atoms with van der Waals surface area (Å²) >= 11 is 1.12. The Labute approximate surface area is 237 Å². The summed E-state index contributed by atoms with van der Waals surface area (Å²) in [4.78, 5) is 42.8. The predicted octanol–water partition coefficient (Wildman–Crippen LogP) is 6.24. The molecule has 41 heavy (non-hydrogen) atoms.